The van der Waals surface area contributed by atoms with E-state index < -0.39 is 0 Å². The number of hydrogen-bond donors (Lipinski definition) is 0. The highest BCUT2D eigenvalue weighted by molar-refractivity contribution is 7.11. The summed E-state index contributed by atoms with van der Waals surface area (Å²) in [4.78, 5) is 13.8. The Bertz CT molecular complexity index is 438. The summed E-state index contributed by atoms with van der Waals surface area (Å²) in [5, 5.41) is 4.00. The fourth-order valence-corrected chi connectivity index (χ4v) is 2.54. The van der Waals surface area contributed by atoms with Crippen molar-refractivity contribution in [3.05, 3.63) is 50.9 Å². The molecule has 76 valence electrons. The number of allylic oxidation sites excluding steroid dienone is 1. The van der Waals surface area contributed by atoms with Gasteiger partial charge in [0.05, 0.1) is 0 Å². The first-order valence-electron chi connectivity index (χ1n) is 4.61. The molecule has 2 aromatic heterocycles. The molecule has 0 aliphatic carbocycles. The summed E-state index contributed by atoms with van der Waals surface area (Å²) < 4.78 is 0. The van der Waals surface area contributed by atoms with Crippen molar-refractivity contribution < 1.29 is 4.79 Å². The Kier molecular flexibility index (Phi) is 3.48. The third-order valence-electron chi connectivity index (χ3n) is 1.91. The van der Waals surface area contributed by atoms with Crippen LogP contribution in [0.5, 0.6) is 0 Å². The van der Waals surface area contributed by atoms with Gasteiger partial charge in [-0.25, -0.2) is 0 Å². The van der Waals surface area contributed by atoms with Crippen LogP contribution in [0, 0.1) is 0 Å². The quantitative estimate of drug-likeness (QED) is 0.738. The second-order valence-electron chi connectivity index (χ2n) is 3.07. The molecule has 2 rings (SSSR count). The summed E-state index contributed by atoms with van der Waals surface area (Å²) in [6, 6.07) is 7.94. The van der Waals surface area contributed by atoms with Gasteiger partial charge in [0.15, 0.2) is 5.78 Å². The van der Waals surface area contributed by atoms with Gasteiger partial charge in [-0.1, -0.05) is 12.1 Å². The van der Waals surface area contributed by atoms with Crippen LogP contribution in [0.15, 0.2) is 41.1 Å². The average Bonchev–Trinajstić information content (AvgIpc) is 2.86. The number of thiophene rings is 2. The molecule has 0 unspecified atom stereocenters. The summed E-state index contributed by atoms with van der Waals surface area (Å²) in [5.41, 5.74) is 0. The molecule has 0 atom stereocenters. The Morgan fingerprint density at radius 2 is 2.00 bits per heavy atom. The van der Waals surface area contributed by atoms with Crippen molar-refractivity contribution in [1.29, 1.82) is 0 Å². The zero-order valence-electron chi connectivity index (χ0n) is 8.05. The maximum atomic E-state index is 11.5. The summed E-state index contributed by atoms with van der Waals surface area (Å²) in [6.07, 6.45) is 4.05. The highest BCUT2D eigenvalue weighted by Crippen LogP contribution is 2.12. The van der Waals surface area contributed by atoms with E-state index in [1.54, 1.807) is 28.7 Å². The highest BCUT2D eigenvalue weighted by atomic mass is 32.1. The van der Waals surface area contributed by atoms with Crippen LogP contribution in [0.1, 0.15) is 9.75 Å². The van der Waals surface area contributed by atoms with Gasteiger partial charge in [0.2, 0.25) is 0 Å². The van der Waals surface area contributed by atoms with Crippen LogP contribution in [-0.4, -0.2) is 5.78 Å². The maximum Gasteiger partial charge on any atom is 0.160 e. The first-order valence-corrected chi connectivity index (χ1v) is 6.37. The van der Waals surface area contributed by atoms with E-state index in [0.29, 0.717) is 6.42 Å². The molecular formula is C12H10OS2. The molecule has 0 fully saturated rings. The minimum Gasteiger partial charge on any atom is -0.294 e. The van der Waals surface area contributed by atoms with E-state index in [9.17, 15) is 4.79 Å². The van der Waals surface area contributed by atoms with Crippen molar-refractivity contribution in [2.45, 2.75) is 6.42 Å². The fourth-order valence-electron chi connectivity index (χ4n) is 1.20. The number of ketones is 1. The standard InChI is InChI=1S/C12H10OS2/c13-10(9-12-4-2-8-15-12)5-6-11-3-1-7-14-11/h1-8H,9H2/b6-5+. The van der Waals surface area contributed by atoms with E-state index in [4.69, 9.17) is 0 Å². The van der Waals surface area contributed by atoms with Crippen LogP contribution >= 0.6 is 22.7 Å². The largest absolute Gasteiger partial charge is 0.294 e. The van der Waals surface area contributed by atoms with Crippen molar-refractivity contribution in [3.8, 4) is 0 Å². The van der Waals surface area contributed by atoms with E-state index in [0.717, 1.165) is 9.75 Å². The van der Waals surface area contributed by atoms with Crippen LogP contribution in [-0.2, 0) is 11.2 Å². The van der Waals surface area contributed by atoms with Crippen molar-refractivity contribution in [3.63, 3.8) is 0 Å². The lowest BCUT2D eigenvalue weighted by Crippen LogP contribution is -1.95. The van der Waals surface area contributed by atoms with Gasteiger partial charge in [-0.05, 0) is 35.0 Å². The van der Waals surface area contributed by atoms with Crippen molar-refractivity contribution in [1.82, 2.24) is 0 Å². The van der Waals surface area contributed by atoms with E-state index in [1.165, 1.54) is 0 Å². The highest BCUT2D eigenvalue weighted by Gasteiger charge is 2.00. The van der Waals surface area contributed by atoms with Gasteiger partial charge in [0, 0.05) is 16.2 Å². The molecule has 3 heteroatoms. The Balaban J connectivity index is 1.93. The van der Waals surface area contributed by atoms with E-state index in [-0.39, 0.29) is 5.78 Å². The van der Waals surface area contributed by atoms with Gasteiger partial charge in [-0.3, -0.25) is 4.79 Å². The van der Waals surface area contributed by atoms with Crippen molar-refractivity contribution in [2.75, 3.05) is 0 Å². The molecule has 1 nitrogen and oxygen atoms in total. The Morgan fingerprint density at radius 3 is 2.67 bits per heavy atom. The Morgan fingerprint density at radius 1 is 1.20 bits per heavy atom. The number of carbonyl (C=O) groups excluding carboxylic acids is 1. The normalized spacial score (nSPS) is 10.9. The second-order valence-corrected chi connectivity index (χ2v) is 5.08. The molecule has 0 bridgehead atoms. The van der Waals surface area contributed by atoms with Crippen molar-refractivity contribution in [2.24, 2.45) is 0 Å². The maximum absolute atomic E-state index is 11.5. The predicted octanol–water partition coefficient (Wildman–Crippen LogP) is 3.63. The predicted molar refractivity (Wildman–Crippen MR) is 66.4 cm³/mol. The second kappa shape index (κ2) is 5.05. The first kappa shape index (κ1) is 10.3. The third kappa shape index (κ3) is 3.15. The molecule has 0 N–H and O–H groups in total. The lowest BCUT2D eigenvalue weighted by Gasteiger charge is -1.90. The van der Waals surface area contributed by atoms with Crippen LogP contribution in [0.25, 0.3) is 6.08 Å². The van der Waals surface area contributed by atoms with E-state index in [1.807, 2.05) is 41.1 Å². The molecule has 0 aliphatic rings. The molecule has 0 aliphatic heterocycles. The Hall–Kier alpha value is -1.19. The number of carbonyl (C=O) groups is 1. The van der Waals surface area contributed by atoms with Gasteiger partial charge in [0.1, 0.15) is 0 Å². The molecule has 0 amide bonds. The van der Waals surface area contributed by atoms with Gasteiger partial charge in [0.25, 0.3) is 0 Å². The topological polar surface area (TPSA) is 17.1 Å². The lowest BCUT2D eigenvalue weighted by molar-refractivity contribution is -0.113. The molecule has 0 saturated carbocycles. The summed E-state index contributed by atoms with van der Waals surface area (Å²) in [5.74, 6) is 0.158. The third-order valence-corrected chi connectivity index (χ3v) is 3.62. The zero-order chi connectivity index (χ0) is 10.5. The van der Waals surface area contributed by atoms with Crippen LogP contribution < -0.4 is 0 Å². The first-order chi connectivity index (χ1) is 7.34. The summed E-state index contributed by atoms with van der Waals surface area (Å²) in [6.45, 7) is 0. The molecule has 0 radical (unpaired) electrons. The number of hydrogen-bond acceptors (Lipinski definition) is 3. The van der Waals surface area contributed by atoms with Gasteiger partial charge < -0.3 is 0 Å². The van der Waals surface area contributed by atoms with Crippen LogP contribution in [0.2, 0.25) is 0 Å². The summed E-state index contributed by atoms with van der Waals surface area (Å²) in [7, 11) is 0. The monoisotopic (exact) mass is 234 g/mol. The smallest absolute Gasteiger partial charge is 0.160 e. The van der Waals surface area contributed by atoms with Gasteiger partial charge in [-0.15, -0.1) is 22.7 Å². The molecule has 15 heavy (non-hydrogen) atoms. The molecule has 2 aromatic rings. The SMILES string of the molecule is O=C(/C=C/c1cccs1)Cc1cccs1. The summed E-state index contributed by atoms with van der Waals surface area (Å²) >= 11 is 3.26. The minimum absolute atomic E-state index is 0.158. The van der Waals surface area contributed by atoms with E-state index >= 15 is 0 Å². The van der Waals surface area contributed by atoms with Crippen LogP contribution in [0.4, 0.5) is 0 Å². The lowest BCUT2D eigenvalue weighted by atomic mass is 10.2. The average molecular weight is 234 g/mol. The molecule has 0 spiro atoms. The van der Waals surface area contributed by atoms with Crippen LogP contribution in [0.3, 0.4) is 0 Å². The minimum atomic E-state index is 0.158. The van der Waals surface area contributed by atoms with E-state index in [2.05, 4.69) is 0 Å². The zero-order valence-corrected chi connectivity index (χ0v) is 9.68. The van der Waals surface area contributed by atoms with Gasteiger partial charge in [-0.2, -0.15) is 0 Å². The molecule has 0 saturated heterocycles. The van der Waals surface area contributed by atoms with Crippen molar-refractivity contribution >= 4 is 34.5 Å². The molecule has 0 aromatic carbocycles. The number of rotatable bonds is 4. The fraction of sp³-hybridized carbons (Fsp3) is 0.0833. The van der Waals surface area contributed by atoms with Gasteiger partial charge >= 0.3 is 0 Å². The molecular weight excluding hydrogens is 224 g/mol. The Labute approximate surface area is 96.7 Å². The molecule has 2 heterocycles.